The fraction of sp³-hybridized carbons (Fsp3) is 0.429. The maximum Gasteiger partial charge on any atom is 0.253 e. The second kappa shape index (κ2) is 8.06. The maximum absolute atomic E-state index is 12.6. The molecule has 4 rings (SSSR count). The van der Waals surface area contributed by atoms with Crippen molar-refractivity contribution in [3.8, 4) is 5.75 Å². The summed E-state index contributed by atoms with van der Waals surface area (Å²) in [6, 6.07) is 12.7. The summed E-state index contributed by atoms with van der Waals surface area (Å²) in [6.07, 6.45) is 5.02. The molecule has 6 heteroatoms. The number of ether oxygens (including phenoxy) is 1. The molecular weight excluding hydrogens is 342 g/mol. The molecule has 1 saturated heterocycles. The van der Waals surface area contributed by atoms with Gasteiger partial charge in [-0.15, -0.1) is 0 Å². The monoisotopic (exact) mass is 367 g/mol. The minimum absolute atomic E-state index is 0.137. The lowest BCUT2D eigenvalue weighted by Gasteiger charge is -2.31. The number of rotatable bonds is 5. The van der Waals surface area contributed by atoms with Gasteiger partial charge in [-0.05, 0) is 50.2 Å². The summed E-state index contributed by atoms with van der Waals surface area (Å²) in [7, 11) is 0. The van der Waals surface area contributed by atoms with E-state index in [4.69, 9.17) is 4.74 Å². The van der Waals surface area contributed by atoms with E-state index in [1.54, 1.807) is 24.5 Å². The third kappa shape index (κ3) is 3.96. The number of pyridine rings is 1. The van der Waals surface area contributed by atoms with Crippen molar-refractivity contribution in [3.63, 3.8) is 0 Å². The second-order valence-corrected chi connectivity index (χ2v) is 7.25. The van der Waals surface area contributed by atoms with Gasteiger partial charge in [0, 0.05) is 18.8 Å². The van der Waals surface area contributed by atoms with Crippen molar-refractivity contribution < 1.29 is 14.6 Å². The van der Waals surface area contributed by atoms with E-state index in [1.807, 2.05) is 30.3 Å². The van der Waals surface area contributed by atoms with Gasteiger partial charge in [0.15, 0.2) is 0 Å². The van der Waals surface area contributed by atoms with Crippen LogP contribution in [0, 0.1) is 0 Å². The standard InChI is InChI=1S/C21H25N3O3/c25-20-18(27-16-8-2-1-3-9-16)13-17(19(20)24-11-4-5-12-24)23-21(26)15-7-6-10-22-14-15/h1-3,6-10,14,17-20,25H,4-5,11-13H2,(H,23,26)/t17-,18-,19+,20+/m1/s1. The molecule has 27 heavy (non-hydrogen) atoms. The molecule has 1 aliphatic heterocycles. The molecule has 1 amide bonds. The maximum atomic E-state index is 12.6. The summed E-state index contributed by atoms with van der Waals surface area (Å²) in [5.74, 6) is 0.575. The first kappa shape index (κ1) is 17.9. The number of carbonyl (C=O) groups excluding carboxylic acids is 1. The van der Waals surface area contributed by atoms with Crippen molar-refractivity contribution in [2.75, 3.05) is 13.1 Å². The smallest absolute Gasteiger partial charge is 0.253 e. The van der Waals surface area contributed by atoms with Gasteiger partial charge >= 0.3 is 0 Å². The number of hydrogen-bond acceptors (Lipinski definition) is 5. The molecule has 0 spiro atoms. The quantitative estimate of drug-likeness (QED) is 0.844. The minimum Gasteiger partial charge on any atom is -0.488 e. The van der Waals surface area contributed by atoms with Gasteiger partial charge < -0.3 is 15.2 Å². The Morgan fingerprint density at radius 2 is 1.93 bits per heavy atom. The number of amides is 1. The normalized spacial score (nSPS) is 28.2. The number of likely N-dealkylation sites (tertiary alicyclic amines) is 1. The number of aliphatic hydroxyl groups excluding tert-OH is 1. The van der Waals surface area contributed by atoms with Crippen LogP contribution in [0.4, 0.5) is 0 Å². The van der Waals surface area contributed by atoms with E-state index in [0.717, 1.165) is 31.7 Å². The van der Waals surface area contributed by atoms with Gasteiger partial charge in [-0.25, -0.2) is 0 Å². The SMILES string of the molecule is O=C(N[C@@H]1C[C@@H](Oc2ccccc2)[C@H](O)[C@H]1N1CCCC1)c1cccnc1. The van der Waals surface area contributed by atoms with Gasteiger partial charge in [0.2, 0.25) is 0 Å². The molecule has 1 saturated carbocycles. The average molecular weight is 367 g/mol. The average Bonchev–Trinajstić information content (AvgIpc) is 3.32. The van der Waals surface area contributed by atoms with Gasteiger partial charge in [-0.2, -0.15) is 0 Å². The molecule has 4 atom stereocenters. The Morgan fingerprint density at radius 3 is 2.63 bits per heavy atom. The van der Waals surface area contributed by atoms with Crippen LogP contribution in [0.1, 0.15) is 29.6 Å². The zero-order valence-electron chi connectivity index (χ0n) is 15.2. The number of aromatic nitrogens is 1. The van der Waals surface area contributed by atoms with E-state index in [0.29, 0.717) is 12.0 Å². The highest BCUT2D eigenvalue weighted by atomic mass is 16.5. The third-order valence-electron chi connectivity index (χ3n) is 5.46. The molecule has 142 valence electrons. The van der Waals surface area contributed by atoms with Crippen LogP contribution in [0.25, 0.3) is 0 Å². The van der Waals surface area contributed by atoms with Crippen LogP contribution in [0.2, 0.25) is 0 Å². The first-order chi connectivity index (χ1) is 13.2. The number of carbonyl (C=O) groups is 1. The topological polar surface area (TPSA) is 74.7 Å². The predicted octanol–water partition coefficient (Wildman–Crippen LogP) is 1.86. The lowest BCUT2D eigenvalue weighted by molar-refractivity contribution is 0.0139. The van der Waals surface area contributed by atoms with Crippen molar-refractivity contribution in [3.05, 3.63) is 60.4 Å². The van der Waals surface area contributed by atoms with E-state index in [9.17, 15) is 9.90 Å². The first-order valence-electron chi connectivity index (χ1n) is 9.57. The van der Waals surface area contributed by atoms with Crippen LogP contribution >= 0.6 is 0 Å². The Kier molecular flexibility index (Phi) is 5.36. The highest BCUT2D eigenvalue weighted by Gasteiger charge is 2.47. The van der Waals surface area contributed by atoms with Gasteiger partial charge in [0.05, 0.1) is 17.6 Å². The number of benzene rings is 1. The second-order valence-electron chi connectivity index (χ2n) is 7.25. The number of nitrogens with zero attached hydrogens (tertiary/aromatic N) is 2. The van der Waals surface area contributed by atoms with Crippen molar-refractivity contribution in [2.45, 2.75) is 43.6 Å². The molecule has 0 radical (unpaired) electrons. The van der Waals surface area contributed by atoms with Gasteiger partial charge in [0.25, 0.3) is 5.91 Å². The van der Waals surface area contributed by atoms with Crippen molar-refractivity contribution >= 4 is 5.91 Å². The molecule has 0 bridgehead atoms. The number of hydrogen-bond donors (Lipinski definition) is 2. The summed E-state index contributed by atoms with van der Waals surface area (Å²) < 4.78 is 6.05. The Balaban J connectivity index is 1.51. The van der Waals surface area contributed by atoms with Crippen LogP contribution in [0.3, 0.4) is 0 Å². The first-order valence-corrected chi connectivity index (χ1v) is 9.57. The van der Waals surface area contributed by atoms with Gasteiger partial charge in [-0.3, -0.25) is 14.7 Å². The lowest BCUT2D eigenvalue weighted by Crippen LogP contribution is -2.52. The Labute approximate surface area is 159 Å². The molecule has 2 heterocycles. The summed E-state index contributed by atoms with van der Waals surface area (Å²) in [5, 5.41) is 14.1. The molecule has 2 fully saturated rings. The van der Waals surface area contributed by atoms with Crippen LogP contribution in [0.5, 0.6) is 5.75 Å². The summed E-state index contributed by atoms with van der Waals surface area (Å²) in [4.78, 5) is 18.9. The van der Waals surface area contributed by atoms with E-state index in [-0.39, 0.29) is 24.1 Å². The Bertz CT molecular complexity index is 750. The van der Waals surface area contributed by atoms with Crippen molar-refractivity contribution in [2.24, 2.45) is 0 Å². The van der Waals surface area contributed by atoms with E-state index in [2.05, 4.69) is 15.2 Å². The third-order valence-corrected chi connectivity index (χ3v) is 5.46. The molecule has 1 aliphatic carbocycles. The zero-order valence-corrected chi connectivity index (χ0v) is 15.2. The Hall–Kier alpha value is -2.44. The molecule has 1 aromatic carbocycles. The van der Waals surface area contributed by atoms with Gasteiger partial charge in [0.1, 0.15) is 18.0 Å². The fourth-order valence-electron chi connectivity index (χ4n) is 4.18. The summed E-state index contributed by atoms with van der Waals surface area (Å²) >= 11 is 0. The summed E-state index contributed by atoms with van der Waals surface area (Å²) in [5.41, 5.74) is 0.527. The van der Waals surface area contributed by atoms with Crippen LogP contribution in [0.15, 0.2) is 54.9 Å². The van der Waals surface area contributed by atoms with E-state index in [1.165, 1.54) is 0 Å². The predicted molar refractivity (Wildman–Crippen MR) is 102 cm³/mol. The number of nitrogens with one attached hydrogen (secondary N) is 1. The van der Waals surface area contributed by atoms with Crippen LogP contribution in [-0.2, 0) is 0 Å². The summed E-state index contributed by atoms with van der Waals surface area (Å²) in [6.45, 7) is 1.89. The minimum atomic E-state index is -0.650. The van der Waals surface area contributed by atoms with E-state index >= 15 is 0 Å². The molecule has 2 aliphatic rings. The molecule has 1 aromatic heterocycles. The molecule has 2 aromatic rings. The molecule has 0 unspecified atom stereocenters. The highest BCUT2D eigenvalue weighted by molar-refractivity contribution is 5.94. The van der Waals surface area contributed by atoms with Crippen molar-refractivity contribution in [1.29, 1.82) is 0 Å². The van der Waals surface area contributed by atoms with E-state index < -0.39 is 6.10 Å². The number of para-hydroxylation sites is 1. The largest absolute Gasteiger partial charge is 0.488 e. The highest BCUT2D eigenvalue weighted by Crippen LogP contribution is 2.31. The van der Waals surface area contributed by atoms with Crippen molar-refractivity contribution in [1.82, 2.24) is 15.2 Å². The fourth-order valence-corrected chi connectivity index (χ4v) is 4.18. The molecule has 6 nitrogen and oxygen atoms in total. The molecule has 2 N–H and O–H groups in total. The lowest BCUT2D eigenvalue weighted by atomic mass is 10.1. The van der Waals surface area contributed by atoms with Crippen LogP contribution in [-0.4, -0.2) is 58.3 Å². The molecular formula is C21H25N3O3. The zero-order chi connectivity index (χ0) is 18.6. The number of aliphatic hydroxyl groups is 1. The van der Waals surface area contributed by atoms with Crippen LogP contribution < -0.4 is 10.1 Å². The van der Waals surface area contributed by atoms with Gasteiger partial charge in [-0.1, -0.05) is 18.2 Å². The Morgan fingerprint density at radius 1 is 1.15 bits per heavy atom.